The van der Waals surface area contributed by atoms with Gasteiger partial charge in [-0.05, 0) is 18.1 Å². The number of amides is 1. The molecule has 0 unspecified atom stereocenters. The number of nitrogens with zero attached hydrogens (tertiary/aromatic N) is 1. The monoisotopic (exact) mass is 248 g/mol. The van der Waals surface area contributed by atoms with E-state index in [2.05, 4.69) is 9.72 Å². The van der Waals surface area contributed by atoms with Gasteiger partial charge in [-0.15, -0.1) is 0 Å². The van der Waals surface area contributed by atoms with Crippen LogP contribution in [0.5, 0.6) is 5.75 Å². The number of hydrogen-bond donors (Lipinski definition) is 1. The highest BCUT2D eigenvalue weighted by Crippen LogP contribution is 2.34. The third-order valence-corrected chi connectivity index (χ3v) is 2.06. The minimum Gasteiger partial charge on any atom is -0.494 e. The SMILES string of the molecule is COc1cc(CCC(N)=O)cnc1C(F)(F)F. The number of halogens is 3. The number of carbonyl (C=O) groups is 1. The summed E-state index contributed by atoms with van der Waals surface area (Å²) < 4.78 is 42.0. The molecule has 1 rings (SSSR count). The first kappa shape index (κ1) is 13.3. The molecule has 0 saturated heterocycles. The van der Waals surface area contributed by atoms with E-state index in [4.69, 9.17) is 5.73 Å². The summed E-state index contributed by atoms with van der Waals surface area (Å²) in [7, 11) is 1.13. The summed E-state index contributed by atoms with van der Waals surface area (Å²) in [6, 6.07) is 1.21. The first-order chi connectivity index (χ1) is 7.84. The van der Waals surface area contributed by atoms with Crippen molar-refractivity contribution in [2.45, 2.75) is 19.0 Å². The molecular weight excluding hydrogens is 237 g/mol. The average Bonchev–Trinajstić information content (AvgIpc) is 2.24. The number of primary amides is 1. The van der Waals surface area contributed by atoms with Crippen LogP contribution in [0.15, 0.2) is 12.3 Å². The number of methoxy groups -OCH3 is 1. The van der Waals surface area contributed by atoms with Gasteiger partial charge >= 0.3 is 6.18 Å². The van der Waals surface area contributed by atoms with Gasteiger partial charge in [-0.3, -0.25) is 4.79 Å². The Morgan fingerprint density at radius 2 is 2.18 bits per heavy atom. The van der Waals surface area contributed by atoms with E-state index in [0.29, 0.717) is 5.56 Å². The van der Waals surface area contributed by atoms with Crippen LogP contribution in [-0.4, -0.2) is 18.0 Å². The lowest BCUT2D eigenvalue weighted by Crippen LogP contribution is -2.13. The fourth-order valence-electron chi connectivity index (χ4n) is 1.26. The van der Waals surface area contributed by atoms with Gasteiger partial charge in [0.2, 0.25) is 5.91 Å². The summed E-state index contributed by atoms with van der Waals surface area (Å²) in [5.41, 5.74) is 4.33. The second kappa shape index (κ2) is 5.03. The maximum absolute atomic E-state index is 12.5. The fraction of sp³-hybridized carbons (Fsp3) is 0.400. The van der Waals surface area contributed by atoms with Gasteiger partial charge < -0.3 is 10.5 Å². The molecule has 7 heteroatoms. The number of carbonyl (C=O) groups excluding carboxylic acids is 1. The van der Waals surface area contributed by atoms with Crippen LogP contribution in [0.2, 0.25) is 0 Å². The van der Waals surface area contributed by atoms with Gasteiger partial charge in [0.1, 0.15) is 5.75 Å². The van der Waals surface area contributed by atoms with Gasteiger partial charge in [0.05, 0.1) is 7.11 Å². The van der Waals surface area contributed by atoms with E-state index in [9.17, 15) is 18.0 Å². The van der Waals surface area contributed by atoms with Crippen molar-refractivity contribution in [2.24, 2.45) is 5.73 Å². The van der Waals surface area contributed by atoms with Gasteiger partial charge in [-0.25, -0.2) is 4.98 Å². The predicted molar refractivity (Wildman–Crippen MR) is 53.3 cm³/mol. The van der Waals surface area contributed by atoms with Crippen molar-refractivity contribution in [2.75, 3.05) is 7.11 Å². The topological polar surface area (TPSA) is 65.2 Å². The van der Waals surface area contributed by atoms with Crippen LogP contribution >= 0.6 is 0 Å². The quantitative estimate of drug-likeness (QED) is 0.878. The van der Waals surface area contributed by atoms with E-state index >= 15 is 0 Å². The zero-order valence-corrected chi connectivity index (χ0v) is 9.04. The van der Waals surface area contributed by atoms with E-state index in [-0.39, 0.29) is 18.6 Å². The minimum absolute atomic E-state index is 0.0518. The molecule has 0 bridgehead atoms. The lowest BCUT2D eigenvalue weighted by Gasteiger charge is -2.11. The number of ether oxygens (including phenoxy) is 1. The van der Waals surface area contributed by atoms with Crippen LogP contribution < -0.4 is 10.5 Å². The second-order valence-corrected chi connectivity index (χ2v) is 3.36. The smallest absolute Gasteiger partial charge is 0.437 e. The van der Waals surface area contributed by atoms with Crippen LogP contribution in [0.1, 0.15) is 17.7 Å². The van der Waals surface area contributed by atoms with Crippen LogP contribution in [0.3, 0.4) is 0 Å². The van der Waals surface area contributed by atoms with Gasteiger partial charge in [-0.2, -0.15) is 13.2 Å². The molecule has 0 saturated carbocycles. The number of aromatic nitrogens is 1. The fourth-order valence-corrected chi connectivity index (χ4v) is 1.26. The van der Waals surface area contributed by atoms with Gasteiger partial charge in [0, 0.05) is 12.6 Å². The summed E-state index contributed by atoms with van der Waals surface area (Å²) in [4.78, 5) is 13.8. The van der Waals surface area contributed by atoms with Crippen molar-refractivity contribution in [3.05, 3.63) is 23.5 Å². The average molecular weight is 248 g/mol. The molecule has 0 spiro atoms. The standard InChI is InChI=1S/C10H11F3N2O2/c1-17-7-4-6(2-3-8(14)16)5-15-9(7)10(11,12)13/h4-5H,2-3H2,1H3,(H2,14,16). The van der Waals surface area contributed by atoms with E-state index < -0.39 is 17.8 Å². The Morgan fingerprint density at radius 1 is 1.53 bits per heavy atom. The Balaban J connectivity index is 2.96. The van der Waals surface area contributed by atoms with Crippen LogP contribution in [0.4, 0.5) is 13.2 Å². The number of nitrogens with two attached hydrogens (primary N) is 1. The molecule has 0 aliphatic carbocycles. The number of alkyl halides is 3. The Labute approximate surface area is 95.6 Å². The number of hydrogen-bond acceptors (Lipinski definition) is 3. The minimum atomic E-state index is -4.56. The van der Waals surface area contributed by atoms with Crippen molar-refractivity contribution >= 4 is 5.91 Å². The molecule has 2 N–H and O–H groups in total. The zero-order valence-electron chi connectivity index (χ0n) is 9.04. The third-order valence-electron chi connectivity index (χ3n) is 2.06. The highest BCUT2D eigenvalue weighted by atomic mass is 19.4. The molecular formula is C10H11F3N2O2. The normalized spacial score (nSPS) is 11.3. The molecule has 0 radical (unpaired) electrons. The number of aryl methyl sites for hydroxylation is 1. The molecule has 1 amide bonds. The van der Waals surface area contributed by atoms with Gasteiger partial charge in [0.15, 0.2) is 5.69 Å². The van der Waals surface area contributed by atoms with Gasteiger partial charge in [-0.1, -0.05) is 0 Å². The summed E-state index contributed by atoms with van der Waals surface area (Å²) in [5, 5.41) is 0. The van der Waals surface area contributed by atoms with Crippen LogP contribution in [0, 0.1) is 0 Å². The molecule has 1 aromatic rings. The Kier molecular flexibility index (Phi) is 3.93. The lowest BCUT2D eigenvalue weighted by atomic mass is 10.1. The van der Waals surface area contributed by atoms with Gasteiger partial charge in [0.25, 0.3) is 0 Å². The lowest BCUT2D eigenvalue weighted by molar-refractivity contribution is -0.142. The third kappa shape index (κ3) is 3.61. The molecule has 0 aliphatic heterocycles. The van der Waals surface area contributed by atoms with E-state index in [0.717, 1.165) is 13.3 Å². The van der Waals surface area contributed by atoms with Crippen molar-refractivity contribution < 1.29 is 22.7 Å². The Bertz CT molecular complexity index is 419. The first-order valence-corrected chi connectivity index (χ1v) is 4.73. The van der Waals surface area contributed by atoms with Crippen molar-refractivity contribution in [1.29, 1.82) is 0 Å². The molecule has 4 nitrogen and oxygen atoms in total. The highest BCUT2D eigenvalue weighted by Gasteiger charge is 2.36. The zero-order chi connectivity index (χ0) is 13.1. The maximum atomic E-state index is 12.5. The maximum Gasteiger partial charge on any atom is 0.437 e. The largest absolute Gasteiger partial charge is 0.494 e. The molecule has 94 valence electrons. The van der Waals surface area contributed by atoms with Crippen LogP contribution in [0.25, 0.3) is 0 Å². The first-order valence-electron chi connectivity index (χ1n) is 4.73. The molecule has 0 fully saturated rings. The predicted octanol–water partition coefficient (Wildman–Crippen LogP) is 1.53. The second-order valence-electron chi connectivity index (χ2n) is 3.36. The molecule has 1 aromatic heterocycles. The molecule has 0 aliphatic rings. The van der Waals surface area contributed by atoms with E-state index in [1.54, 1.807) is 0 Å². The van der Waals surface area contributed by atoms with E-state index in [1.165, 1.54) is 6.07 Å². The molecule has 1 heterocycles. The number of pyridine rings is 1. The van der Waals surface area contributed by atoms with Crippen molar-refractivity contribution in [1.82, 2.24) is 4.98 Å². The summed E-state index contributed by atoms with van der Waals surface area (Å²) >= 11 is 0. The van der Waals surface area contributed by atoms with E-state index in [1.807, 2.05) is 0 Å². The Hall–Kier alpha value is -1.79. The highest BCUT2D eigenvalue weighted by molar-refractivity contribution is 5.74. The summed E-state index contributed by atoms with van der Waals surface area (Å²) in [5.74, 6) is -0.886. The molecule has 0 atom stereocenters. The van der Waals surface area contributed by atoms with Crippen LogP contribution in [-0.2, 0) is 17.4 Å². The molecule has 17 heavy (non-hydrogen) atoms. The Morgan fingerprint density at radius 3 is 2.65 bits per heavy atom. The molecule has 0 aromatic carbocycles. The van der Waals surface area contributed by atoms with Crippen molar-refractivity contribution in [3.63, 3.8) is 0 Å². The van der Waals surface area contributed by atoms with Crippen molar-refractivity contribution in [3.8, 4) is 5.75 Å². The summed E-state index contributed by atoms with van der Waals surface area (Å²) in [6.45, 7) is 0. The number of rotatable bonds is 4. The summed E-state index contributed by atoms with van der Waals surface area (Å²) in [6.07, 6.45) is -3.21.